The molecule has 2 heterocycles. The summed E-state index contributed by atoms with van der Waals surface area (Å²) in [5.41, 5.74) is 5.70. The number of carboxylic acid groups (broad SMARTS) is 1. The molecule has 2 rings (SSSR count). The van der Waals surface area contributed by atoms with E-state index in [1.165, 1.54) is 6.20 Å². The second-order valence-electron chi connectivity index (χ2n) is 2.65. The summed E-state index contributed by atoms with van der Waals surface area (Å²) in [5.74, 6) is -1.04. The van der Waals surface area contributed by atoms with E-state index in [0.29, 0.717) is 5.69 Å². The van der Waals surface area contributed by atoms with E-state index in [2.05, 4.69) is 25.4 Å². The zero-order valence-corrected chi connectivity index (χ0v) is 7.38. The molecule has 8 heteroatoms. The average Bonchev–Trinajstić information content (AvgIpc) is 2.69. The second-order valence-corrected chi connectivity index (χ2v) is 2.65. The molecule has 2 aromatic heterocycles. The Labute approximate surface area is 83.2 Å². The van der Waals surface area contributed by atoms with Crippen LogP contribution in [-0.4, -0.2) is 36.5 Å². The van der Waals surface area contributed by atoms with Crippen LogP contribution in [0.2, 0.25) is 0 Å². The lowest BCUT2D eigenvalue weighted by Gasteiger charge is -2.00. The van der Waals surface area contributed by atoms with Crippen molar-refractivity contribution in [3.63, 3.8) is 0 Å². The molecule has 2 aromatic rings. The van der Waals surface area contributed by atoms with E-state index in [4.69, 9.17) is 10.8 Å². The Morgan fingerprint density at radius 1 is 1.47 bits per heavy atom. The summed E-state index contributed by atoms with van der Waals surface area (Å²) >= 11 is 0. The molecule has 0 aromatic carbocycles. The summed E-state index contributed by atoms with van der Waals surface area (Å²) in [4.78, 5) is 18.2. The molecular formula is C7H6N6O2. The minimum Gasteiger partial charge on any atom is -0.477 e. The van der Waals surface area contributed by atoms with Crippen molar-refractivity contribution in [2.24, 2.45) is 0 Å². The number of nitrogens with two attached hydrogens (primary N) is 1. The molecule has 0 radical (unpaired) electrons. The summed E-state index contributed by atoms with van der Waals surface area (Å²) < 4.78 is 0. The SMILES string of the molecule is Nc1nc(-c2cn[nH]n2)ncc1C(=O)O. The van der Waals surface area contributed by atoms with Crippen LogP contribution < -0.4 is 5.73 Å². The highest BCUT2D eigenvalue weighted by molar-refractivity contribution is 5.92. The Morgan fingerprint density at radius 3 is 2.80 bits per heavy atom. The molecule has 0 fully saturated rings. The number of aromatic amines is 1. The van der Waals surface area contributed by atoms with Crippen LogP contribution in [0.1, 0.15) is 10.4 Å². The van der Waals surface area contributed by atoms with E-state index in [-0.39, 0.29) is 17.2 Å². The summed E-state index contributed by atoms with van der Waals surface area (Å²) in [7, 11) is 0. The van der Waals surface area contributed by atoms with Crippen molar-refractivity contribution >= 4 is 11.8 Å². The van der Waals surface area contributed by atoms with Gasteiger partial charge in [0.15, 0.2) is 5.82 Å². The first-order chi connectivity index (χ1) is 7.18. The van der Waals surface area contributed by atoms with Crippen molar-refractivity contribution in [3.8, 4) is 11.5 Å². The predicted molar refractivity (Wildman–Crippen MR) is 48.8 cm³/mol. The summed E-state index contributed by atoms with van der Waals surface area (Å²) in [6, 6.07) is 0. The average molecular weight is 206 g/mol. The van der Waals surface area contributed by atoms with Gasteiger partial charge in [0.05, 0.1) is 6.20 Å². The number of rotatable bonds is 2. The number of hydrogen-bond acceptors (Lipinski definition) is 6. The fourth-order valence-electron chi connectivity index (χ4n) is 0.993. The Hall–Kier alpha value is -2.51. The molecule has 0 spiro atoms. The highest BCUT2D eigenvalue weighted by Gasteiger charge is 2.12. The van der Waals surface area contributed by atoms with Gasteiger partial charge in [-0.1, -0.05) is 0 Å². The number of nitrogens with one attached hydrogen (secondary N) is 1. The Morgan fingerprint density at radius 2 is 2.27 bits per heavy atom. The third kappa shape index (κ3) is 1.59. The van der Waals surface area contributed by atoms with Crippen LogP contribution in [0.15, 0.2) is 12.4 Å². The number of hydrogen-bond donors (Lipinski definition) is 3. The van der Waals surface area contributed by atoms with Crippen molar-refractivity contribution in [2.75, 3.05) is 5.73 Å². The molecule has 0 aliphatic heterocycles. The Kier molecular flexibility index (Phi) is 2.01. The molecule has 0 amide bonds. The lowest BCUT2D eigenvalue weighted by Crippen LogP contribution is -2.06. The molecule has 0 saturated carbocycles. The molecule has 8 nitrogen and oxygen atoms in total. The normalized spacial score (nSPS) is 10.1. The first-order valence-corrected chi connectivity index (χ1v) is 3.90. The molecule has 0 atom stereocenters. The second kappa shape index (κ2) is 3.33. The van der Waals surface area contributed by atoms with Gasteiger partial charge in [-0.25, -0.2) is 14.8 Å². The maximum Gasteiger partial charge on any atom is 0.341 e. The first kappa shape index (κ1) is 9.06. The maximum atomic E-state index is 10.6. The highest BCUT2D eigenvalue weighted by Crippen LogP contribution is 2.13. The minimum absolute atomic E-state index is 0.101. The van der Waals surface area contributed by atoms with Crippen molar-refractivity contribution in [2.45, 2.75) is 0 Å². The van der Waals surface area contributed by atoms with E-state index in [1.54, 1.807) is 0 Å². The number of aromatic nitrogens is 5. The van der Waals surface area contributed by atoms with Crippen molar-refractivity contribution in [1.29, 1.82) is 0 Å². The van der Waals surface area contributed by atoms with E-state index >= 15 is 0 Å². The topological polar surface area (TPSA) is 131 Å². The largest absolute Gasteiger partial charge is 0.477 e. The fourth-order valence-corrected chi connectivity index (χ4v) is 0.993. The molecule has 0 unspecified atom stereocenters. The van der Waals surface area contributed by atoms with Gasteiger partial charge in [-0.05, 0) is 0 Å². The van der Waals surface area contributed by atoms with E-state index < -0.39 is 5.97 Å². The van der Waals surface area contributed by atoms with Crippen molar-refractivity contribution in [3.05, 3.63) is 18.0 Å². The van der Waals surface area contributed by atoms with Crippen LogP contribution in [0, 0.1) is 0 Å². The quantitative estimate of drug-likeness (QED) is 0.605. The number of H-pyrrole nitrogens is 1. The summed E-state index contributed by atoms with van der Waals surface area (Å²) in [6.45, 7) is 0. The van der Waals surface area contributed by atoms with Crippen LogP contribution >= 0.6 is 0 Å². The van der Waals surface area contributed by atoms with Gasteiger partial charge in [-0.3, -0.25) is 0 Å². The zero-order chi connectivity index (χ0) is 10.8. The number of nitrogens with zero attached hydrogens (tertiary/aromatic N) is 4. The lowest BCUT2D eigenvalue weighted by atomic mass is 10.3. The lowest BCUT2D eigenvalue weighted by molar-refractivity contribution is 0.0697. The van der Waals surface area contributed by atoms with E-state index in [9.17, 15) is 4.79 Å². The summed E-state index contributed by atoms with van der Waals surface area (Å²) in [6.07, 6.45) is 2.55. The number of carboxylic acids is 1. The van der Waals surface area contributed by atoms with Gasteiger partial charge in [-0.15, -0.1) is 0 Å². The molecule has 15 heavy (non-hydrogen) atoms. The predicted octanol–water partition coefficient (Wildman–Crippen LogP) is -0.458. The van der Waals surface area contributed by atoms with Gasteiger partial charge < -0.3 is 10.8 Å². The highest BCUT2D eigenvalue weighted by atomic mass is 16.4. The molecule has 0 saturated heterocycles. The van der Waals surface area contributed by atoms with Gasteiger partial charge in [-0.2, -0.15) is 15.4 Å². The maximum absolute atomic E-state index is 10.6. The van der Waals surface area contributed by atoms with E-state index in [0.717, 1.165) is 6.20 Å². The smallest absolute Gasteiger partial charge is 0.341 e. The van der Waals surface area contributed by atoms with Gasteiger partial charge in [0.2, 0.25) is 0 Å². The van der Waals surface area contributed by atoms with Crippen LogP contribution in [-0.2, 0) is 0 Å². The van der Waals surface area contributed by atoms with Gasteiger partial charge >= 0.3 is 5.97 Å². The Bertz CT molecular complexity index is 494. The van der Waals surface area contributed by atoms with Gasteiger partial charge in [0, 0.05) is 6.20 Å². The van der Waals surface area contributed by atoms with Crippen LogP contribution in [0.5, 0.6) is 0 Å². The molecular weight excluding hydrogens is 200 g/mol. The standard InChI is InChI=1S/C7H6N6O2/c8-5-3(7(14)15)1-9-6(11-5)4-2-10-13-12-4/h1-2H,(H,14,15)(H2,8,9,11)(H,10,12,13). The Balaban J connectivity index is 2.47. The zero-order valence-electron chi connectivity index (χ0n) is 7.38. The van der Waals surface area contributed by atoms with Gasteiger partial charge in [0.1, 0.15) is 17.1 Å². The molecule has 0 aliphatic carbocycles. The fraction of sp³-hybridized carbons (Fsp3) is 0. The van der Waals surface area contributed by atoms with Crippen molar-refractivity contribution in [1.82, 2.24) is 25.4 Å². The van der Waals surface area contributed by atoms with Crippen LogP contribution in [0.25, 0.3) is 11.5 Å². The van der Waals surface area contributed by atoms with E-state index in [1.807, 2.05) is 0 Å². The van der Waals surface area contributed by atoms with Crippen molar-refractivity contribution < 1.29 is 9.90 Å². The summed E-state index contributed by atoms with van der Waals surface area (Å²) in [5, 5.41) is 18.4. The molecule has 0 bridgehead atoms. The number of nitrogen functional groups attached to an aromatic ring is 1. The molecule has 76 valence electrons. The first-order valence-electron chi connectivity index (χ1n) is 3.90. The molecule has 4 N–H and O–H groups in total. The third-order valence-corrected chi connectivity index (χ3v) is 1.69. The number of carbonyl (C=O) groups is 1. The molecule has 0 aliphatic rings. The number of aromatic carboxylic acids is 1. The van der Waals surface area contributed by atoms with Crippen LogP contribution in [0.3, 0.4) is 0 Å². The van der Waals surface area contributed by atoms with Gasteiger partial charge in [0.25, 0.3) is 0 Å². The van der Waals surface area contributed by atoms with Crippen LogP contribution in [0.4, 0.5) is 5.82 Å². The monoisotopic (exact) mass is 206 g/mol. The number of anilines is 1. The third-order valence-electron chi connectivity index (χ3n) is 1.69. The minimum atomic E-state index is -1.17.